The Kier molecular flexibility index (Phi) is 6.78. The average molecular weight is 405 g/mol. The number of esters is 2. The number of methoxy groups -OCH3 is 2. The van der Waals surface area contributed by atoms with Crippen LogP contribution in [0.3, 0.4) is 0 Å². The van der Waals surface area contributed by atoms with Gasteiger partial charge in [-0.1, -0.05) is 29.8 Å². The molecule has 0 atom stereocenters. The minimum absolute atomic E-state index is 0.0220. The average Bonchev–Trinajstić information content (AvgIpc) is 2.68. The summed E-state index contributed by atoms with van der Waals surface area (Å²) in [6.45, 7) is 1.83. The number of hydrogen-bond acceptors (Lipinski definition) is 8. The van der Waals surface area contributed by atoms with Crippen molar-refractivity contribution in [2.24, 2.45) is 0 Å². The number of rotatable bonds is 7. The van der Waals surface area contributed by atoms with Crippen LogP contribution in [0.15, 0.2) is 65.2 Å². The van der Waals surface area contributed by atoms with Crippen molar-refractivity contribution in [1.29, 1.82) is 0 Å². The van der Waals surface area contributed by atoms with Crippen LogP contribution in [0.1, 0.15) is 5.56 Å². The zero-order chi connectivity index (χ0) is 20.7. The van der Waals surface area contributed by atoms with Crippen molar-refractivity contribution >= 4 is 27.7 Å². The van der Waals surface area contributed by atoms with Gasteiger partial charge in [0.1, 0.15) is 10.6 Å². The summed E-state index contributed by atoms with van der Waals surface area (Å²) in [6, 6.07) is 12.2. The lowest BCUT2D eigenvalue weighted by molar-refractivity contribution is -0.138. The number of hydrogen-bond donors (Lipinski definition) is 1. The summed E-state index contributed by atoms with van der Waals surface area (Å²) in [5, 5.41) is 2.64. The number of carbonyl (C=O) groups excluding carboxylic acids is 2. The second-order valence-electron chi connectivity index (χ2n) is 5.54. The molecule has 0 amide bonds. The Morgan fingerprint density at radius 2 is 1.61 bits per heavy atom. The van der Waals surface area contributed by atoms with Crippen molar-refractivity contribution in [3.63, 3.8) is 0 Å². The lowest BCUT2D eigenvalue weighted by Gasteiger charge is -2.14. The van der Waals surface area contributed by atoms with Crippen molar-refractivity contribution in [2.45, 2.75) is 11.8 Å². The van der Waals surface area contributed by atoms with E-state index in [1.165, 1.54) is 24.3 Å². The topological polar surface area (TPSA) is 108 Å². The van der Waals surface area contributed by atoms with E-state index in [1.54, 1.807) is 24.3 Å². The van der Waals surface area contributed by atoms with Gasteiger partial charge in [-0.15, -0.1) is 0 Å². The predicted octanol–water partition coefficient (Wildman–Crippen LogP) is 2.40. The van der Waals surface area contributed by atoms with E-state index in [0.29, 0.717) is 0 Å². The van der Waals surface area contributed by atoms with Crippen molar-refractivity contribution in [3.05, 3.63) is 65.9 Å². The van der Waals surface area contributed by atoms with Gasteiger partial charge >= 0.3 is 22.1 Å². The number of ether oxygens (including phenoxy) is 2. The largest absolute Gasteiger partial charge is 0.466 e. The van der Waals surface area contributed by atoms with E-state index >= 15 is 0 Å². The van der Waals surface area contributed by atoms with Gasteiger partial charge in [-0.25, -0.2) is 9.59 Å². The highest BCUT2D eigenvalue weighted by molar-refractivity contribution is 7.87. The molecule has 0 bridgehead atoms. The molecule has 0 fully saturated rings. The minimum Gasteiger partial charge on any atom is -0.466 e. The smallest absolute Gasteiger partial charge is 0.354 e. The van der Waals surface area contributed by atoms with E-state index in [4.69, 9.17) is 4.18 Å². The van der Waals surface area contributed by atoms with Gasteiger partial charge in [-0.3, -0.25) is 0 Å². The van der Waals surface area contributed by atoms with Crippen LogP contribution in [0.5, 0.6) is 5.75 Å². The maximum atomic E-state index is 12.5. The van der Waals surface area contributed by atoms with Gasteiger partial charge in [0, 0.05) is 0 Å². The molecular formula is C19H19NO7S. The van der Waals surface area contributed by atoms with Crippen LogP contribution in [0, 0.1) is 6.92 Å². The quantitative estimate of drug-likeness (QED) is 0.425. The van der Waals surface area contributed by atoms with E-state index in [-0.39, 0.29) is 22.0 Å². The molecule has 0 aliphatic carbocycles. The Balaban J connectivity index is 2.36. The lowest BCUT2D eigenvalue weighted by Crippen LogP contribution is -2.17. The maximum absolute atomic E-state index is 12.5. The summed E-state index contributed by atoms with van der Waals surface area (Å²) >= 11 is 0. The Labute approximate surface area is 162 Å². The number of para-hydroxylation sites is 2. The van der Waals surface area contributed by atoms with Crippen molar-refractivity contribution in [2.75, 3.05) is 19.5 Å². The highest BCUT2D eigenvalue weighted by atomic mass is 32.2. The molecule has 148 valence electrons. The molecule has 0 aromatic heterocycles. The van der Waals surface area contributed by atoms with Gasteiger partial charge < -0.3 is 19.0 Å². The molecular weight excluding hydrogens is 386 g/mol. The Hall–Kier alpha value is -3.33. The monoisotopic (exact) mass is 405 g/mol. The van der Waals surface area contributed by atoms with Crippen LogP contribution in [-0.2, 0) is 29.2 Å². The van der Waals surface area contributed by atoms with Gasteiger partial charge in [0.05, 0.1) is 26.0 Å². The third kappa shape index (κ3) is 5.34. The van der Waals surface area contributed by atoms with Crippen LogP contribution in [-0.4, -0.2) is 34.6 Å². The summed E-state index contributed by atoms with van der Waals surface area (Å²) in [5.41, 5.74) is 0.786. The SMILES string of the molecule is COC(=O)/C=C(/Nc1ccccc1OS(=O)(=O)c1ccc(C)cc1)C(=O)OC. The van der Waals surface area contributed by atoms with Gasteiger partial charge in [-0.2, -0.15) is 8.42 Å². The second kappa shape index (κ2) is 9.05. The summed E-state index contributed by atoms with van der Waals surface area (Å²) < 4.78 is 39.4. The molecule has 0 radical (unpaired) electrons. The molecule has 0 saturated carbocycles. The summed E-state index contributed by atoms with van der Waals surface area (Å²) in [6.07, 6.45) is 0.886. The Bertz CT molecular complexity index is 995. The number of carbonyl (C=O) groups is 2. The van der Waals surface area contributed by atoms with E-state index in [0.717, 1.165) is 25.9 Å². The standard InChI is InChI=1S/C19H19NO7S/c1-13-8-10-14(11-9-13)28(23,24)27-17-7-5-4-6-15(17)20-16(19(22)26-3)12-18(21)25-2/h4-12,20H,1-3H3/b16-12+. The molecule has 2 rings (SSSR count). The Morgan fingerprint density at radius 3 is 2.21 bits per heavy atom. The molecule has 28 heavy (non-hydrogen) atoms. The van der Waals surface area contributed by atoms with Crippen molar-refractivity contribution < 1.29 is 31.7 Å². The van der Waals surface area contributed by atoms with E-state index in [9.17, 15) is 18.0 Å². The van der Waals surface area contributed by atoms with Crippen molar-refractivity contribution in [3.8, 4) is 5.75 Å². The fourth-order valence-electron chi connectivity index (χ4n) is 2.09. The molecule has 2 aromatic carbocycles. The molecule has 2 aromatic rings. The highest BCUT2D eigenvalue weighted by Gasteiger charge is 2.20. The maximum Gasteiger partial charge on any atom is 0.354 e. The first-order valence-electron chi connectivity index (χ1n) is 8.02. The van der Waals surface area contributed by atoms with Crippen LogP contribution in [0.4, 0.5) is 5.69 Å². The number of benzene rings is 2. The molecule has 9 heteroatoms. The van der Waals surface area contributed by atoms with Gasteiger partial charge in [-0.05, 0) is 31.2 Å². The van der Waals surface area contributed by atoms with Gasteiger partial charge in [0.15, 0.2) is 5.75 Å². The van der Waals surface area contributed by atoms with Gasteiger partial charge in [0.25, 0.3) is 0 Å². The number of aryl methyl sites for hydroxylation is 1. The fourth-order valence-corrected chi connectivity index (χ4v) is 3.04. The van der Waals surface area contributed by atoms with E-state index in [2.05, 4.69) is 14.8 Å². The van der Waals surface area contributed by atoms with Crippen LogP contribution in [0.25, 0.3) is 0 Å². The number of anilines is 1. The first-order valence-corrected chi connectivity index (χ1v) is 9.43. The highest BCUT2D eigenvalue weighted by Crippen LogP contribution is 2.28. The van der Waals surface area contributed by atoms with Crippen molar-refractivity contribution in [1.82, 2.24) is 0 Å². The van der Waals surface area contributed by atoms with E-state index in [1.807, 2.05) is 6.92 Å². The van der Waals surface area contributed by atoms with Crippen LogP contribution < -0.4 is 9.50 Å². The van der Waals surface area contributed by atoms with Gasteiger partial charge in [0.2, 0.25) is 0 Å². The fraction of sp³-hybridized carbons (Fsp3) is 0.158. The predicted molar refractivity (Wildman–Crippen MR) is 101 cm³/mol. The molecule has 0 heterocycles. The summed E-state index contributed by atoms with van der Waals surface area (Å²) in [4.78, 5) is 23.4. The summed E-state index contributed by atoms with van der Waals surface area (Å²) in [5.74, 6) is -1.71. The molecule has 0 aliphatic rings. The third-order valence-electron chi connectivity index (χ3n) is 3.53. The zero-order valence-electron chi connectivity index (χ0n) is 15.5. The third-order valence-corrected chi connectivity index (χ3v) is 4.78. The molecule has 0 unspecified atom stereocenters. The minimum atomic E-state index is -4.11. The normalized spacial score (nSPS) is 11.5. The molecule has 8 nitrogen and oxygen atoms in total. The summed E-state index contributed by atoms with van der Waals surface area (Å²) in [7, 11) is -1.82. The molecule has 1 N–H and O–H groups in total. The molecule has 0 saturated heterocycles. The molecule has 0 spiro atoms. The first-order chi connectivity index (χ1) is 13.3. The van der Waals surface area contributed by atoms with Crippen LogP contribution in [0.2, 0.25) is 0 Å². The first kappa shape index (κ1) is 21.0. The second-order valence-corrected chi connectivity index (χ2v) is 7.09. The van der Waals surface area contributed by atoms with Crippen LogP contribution >= 0.6 is 0 Å². The zero-order valence-corrected chi connectivity index (χ0v) is 16.3. The number of nitrogens with one attached hydrogen (secondary N) is 1. The van der Waals surface area contributed by atoms with E-state index < -0.39 is 22.1 Å². The molecule has 0 aliphatic heterocycles. The Morgan fingerprint density at radius 1 is 0.964 bits per heavy atom. The lowest BCUT2D eigenvalue weighted by atomic mass is 10.2.